The summed E-state index contributed by atoms with van der Waals surface area (Å²) in [5.74, 6) is 2.56. The number of anilines is 1. The van der Waals surface area contributed by atoms with E-state index in [1.54, 1.807) is 0 Å². The summed E-state index contributed by atoms with van der Waals surface area (Å²) in [6.45, 7) is 6.25. The number of rotatable bonds is 1. The molecule has 1 heterocycles. The summed E-state index contributed by atoms with van der Waals surface area (Å²) in [5, 5.41) is 0. The first-order valence-electron chi connectivity index (χ1n) is 4.99. The van der Waals surface area contributed by atoms with Crippen molar-refractivity contribution in [1.29, 1.82) is 0 Å². The predicted octanol–water partition coefficient (Wildman–Crippen LogP) is 1.63. The van der Waals surface area contributed by atoms with Gasteiger partial charge in [-0.25, -0.2) is 4.98 Å². The van der Waals surface area contributed by atoms with E-state index in [-0.39, 0.29) is 5.41 Å². The molecule has 0 aliphatic heterocycles. The Kier molecular flexibility index (Phi) is 1.94. The van der Waals surface area contributed by atoms with Crippen LogP contribution in [-0.2, 0) is 5.41 Å². The second-order valence-electron chi connectivity index (χ2n) is 4.90. The second kappa shape index (κ2) is 2.90. The average molecular weight is 192 g/mol. The van der Waals surface area contributed by atoms with E-state index >= 15 is 0 Å². The van der Waals surface area contributed by atoms with Gasteiger partial charge in [-0.05, 0) is 12.8 Å². The van der Waals surface area contributed by atoms with Crippen LogP contribution in [0.1, 0.15) is 51.2 Å². The summed E-state index contributed by atoms with van der Waals surface area (Å²) in [4.78, 5) is 12.8. The molecule has 1 aromatic heterocycles. The van der Waals surface area contributed by atoms with Crippen LogP contribution in [0, 0.1) is 0 Å². The number of nitrogens with zero attached hydrogens (tertiary/aromatic N) is 3. The smallest absolute Gasteiger partial charge is 0.223 e. The fourth-order valence-electron chi connectivity index (χ4n) is 1.27. The lowest BCUT2D eigenvalue weighted by molar-refractivity contribution is 0.537. The van der Waals surface area contributed by atoms with Gasteiger partial charge < -0.3 is 5.73 Å². The molecule has 2 rings (SSSR count). The van der Waals surface area contributed by atoms with E-state index in [0.29, 0.717) is 11.9 Å². The first kappa shape index (κ1) is 9.37. The van der Waals surface area contributed by atoms with E-state index in [4.69, 9.17) is 5.73 Å². The highest BCUT2D eigenvalue weighted by atomic mass is 15.1. The second-order valence-corrected chi connectivity index (χ2v) is 4.90. The minimum atomic E-state index is -0.0549. The third-order valence-electron chi connectivity index (χ3n) is 2.28. The minimum Gasteiger partial charge on any atom is -0.368 e. The van der Waals surface area contributed by atoms with Crippen molar-refractivity contribution in [1.82, 2.24) is 15.0 Å². The molecule has 1 aliphatic carbocycles. The molecule has 0 saturated heterocycles. The van der Waals surface area contributed by atoms with Crippen LogP contribution in [0.15, 0.2) is 0 Å². The molecule has 0 aromatic carbocycles. The Balaban J connectivity index is 2.41. The Labute approximate surface area is 84.0 Å². The van der Waals surface area contributed by atoms with Crippen molar-refractivity contribution in [2.75, 3.05) is 5.73 Å². The van der Waals surface area contributed by atoms with Gasteiger partial charge in [0.05, 0.1) is 0 Å². The largest absolute Gasteiger partial charge is 0.368 e. The van der Waals surface area contributed by atoms with Crippen molar-refractivity contribution in [3.63, 3.8) is 0 Å². The van der Waals surface area contributed by atoms with Crippen molar-refractivity contribution in [2.45, 2.75) is 44.9 Å². The van der Waals surface area contributed by atoms with Crippen LogP contribution in [0.5, 0.6) is 0 Å². The number of hydrogen-bond donors (Lipinski definition) is 1. The zero-order valence-corrected chi connectivity index (χ0v) is 8.91. The number of nitrogens with two attached hydrogens (primary N) is 1. The number of hydrogen-bond acceptors (Lipinski definition) is 4. The third kappa shape index (κ3) is 1.84. The average Bonchev–Trinajstić information content (AvgIpc) is 2.83. The van der Waals surface area contributed by atoms with Crippen molar-refractivity contribution in [3.05, 3.63) is 11.6 Å². The molecule has 0 radical (unpaired) electrons. The van der Waals surface area contributed by atoms with Crippen molar-refractivity contribution in [3.8, 4) is 0 Å². The molecule has 4 heteroatoms. The van der Waals surface area contributed by atoms with Gasteiger partial charge in [-0.3, -0.25) is 0 Å². The van der Waals surface area contributed by atoms with Gasteiger partial charge in [-0.1, -0.05) is 20.8 Å². The van der Waals surface area contributed by atoms with Crippen LogP contribution >= 0.6 is 0 Å². The van der Waals surface area contributed by atoms with Crippen LogP contribution in [0.25, 0.3) is 0 Å². The van der Waals surface area contributed by atoms with Gasteiger partial charge in [0.15, 0.2) is 0 Å². The molecule has 4 nitrogen and oxygen atoms in total. The van der Waals surface area contributed by atoms with E-state index in [2.05, 4.69) is 35.7 Å². The van der Waals surface area contributed by atoms with Crippen LogP contribution in [0.4, 0.5) is 5.95 Å². The van der Waals surface area contributed by atoms with Gasteiger partial charge in [0.2, 0.25) is 5.95 Å². The van der Waals surface area contributed by atoms with Crippen LogP contribution in [0.2, 0.25) is 0 Å². The minimum absolute atomic E-state index is 0.0549. The summed E-state index contributed by atoms with van der Waals surface area (Å²) in [7, 11) is 0. The van der Waals surface area contributed by atoms with Crippen LogP contribution in [0.3, 0.4) is 0 Å². The molecule has 1 fully saturated rings. The monoisotopic (exact) mass is 192 g/mol. The Morgan fingerprint density at radius 3 is 2.29 bits per heavy atom. The lowest BCUT2D eigenvalue weighted by Gasteiger charge is -2.16. The first-order chi connectivity index (χ1) is 6.47. The molecule has 0 spiro atoms. The molecule has 14 heavy (non-hydrogen) atoms. The van der Waals surface area contributed by atoms with E-state index in [1.807, 2.05) is 0 Å². The van der Waals surface area contributed by atoms with E-state index in [9.17, 15) is 0 Å². The molecule has 1 saturated carbocycles. The highest BCUT2D eigenvalue weighted by molar-refractivity contribution is 5.21. The van der Waals surface area contributed by atoms with Crippen molar-refractivity contribution < 1.29 is 0 Å². The molecular formula is C10H16N4. The molecule has 0 bridgehead atoms. The van der Waals surface area contributed by atoms with Gasteiger partial charge in [0, 0.05) is 11.3 Å². The predicted molar refractivity (Wildman–Crippen MR) is 54.9 cm³/mol. The maximum atomic E-state index is 5.66. The Morgan fingerprint density at radius 2 is 1.79 bits per heavy atom. The molecule has 76 valence electrons. The summed E-state index contributed by atoms with van der Waals surface area (Å²) in [5.41, 5.74) is 5.60. The van der Waals surface area contributed by atoms with E-state index in [1.165, 1.54) is 12.8 Å². The molecular weight excluding hydrogens is 176 g/mol. The maximum Gasteiger partial charge on any atom is 0.223 e. The lowest BCUT2D eigenvalue weighted by Crippen LogP contribution is -2.19. The van der Waals surface area contributed by atoms with Gasteiger partial charge in [-0.2, -0.15) is 9.97 Å². The highest BCUT2D eigenvalue weighted by Gasteiger charge is 2.29. The first-order valence-corrected chi connectivity index (χ1v) is 4.99. The van der Waals surface area contributed by atoms with E-state index < -0.39 is 0 Å². The van der Waals surface area contributed by atoms with E-state index in [0.717, 1.165) is 11.6 Å². The molecule has 0 unspecified atom stereocenters. The van der Waals surface area contributed by atoms with Crippen LogP contribution in [-0.4, -0.2) is 15.0 Å². The van der Waals surface area contributed by atoms with Gasteiger partial charge in [0.1, 0.15) is 11.6 Å². The molecule has 2 N–H and O–H groups in total. The molecule has 0 atom stereocenters. The summed E-state index contributed by atoms with van der Waals surface area (Å²) in [6.07, 6.45) is 2.38. The molecule has 1 aliphatic rings. The fourth-order valence-corrected chi connectivity index (χ4v) is 1.27. The Bertz CT molecular complexity index is 350. The fraction of sp³-hybridized carbons (Fsp3) is 0.700. The maximum absolute atomic E-state index is 5.66. The summed E-state index contributed by atoms with van der Waals surface area (Å²) >= 11 is 0. The van der Waals surface area contributed by atoms with Crippen molar-refractivity contribution in [2.24, 2.45) is 0 Å². The van der Waals surface area contributed by atoms with Crippen LogP contribution < -0.4 is 5.73 Å². The summed E-state index contributed by atoms with van der Waals surface area (Å²) in [6, 6.07) is 0. The van der Waals surface area contributed by atoms with Gasteiger partial charge in [0.25, 0.3) is 0 Å². The van der Waals surface area contributed by atoms with Gasteiger partial charge in [-0.15, -0.1) is 0 Å². The Morgan fingerprint density at radius 1 is 1.14 bits per heavy atom. The topological polar surface area (TPSA) is 64.7 Å². The SMILES string of the molecule is CC(C)(C)c1nc(N)nc(C2CC2)n1. The summed E-state index contributed by atoms with van der Waals surface area (Å²) < 4.78 is 0. The standard InChI is InChI=1S/C10H16N4/c1-10(2,3)8-12-7(6-4-5-6)13-9(11)14-8/h6H,4-5H2,1-3H3,(H2,11,12,13,14). The number of nitrogen functional groups attached to an aromatic ring is 1. The molecule has 0 amide bonds. The third-order valence-corrected chi connectivity index (χ3v) is 2.28. The normalized spacial score (nSPS) is 17.1. The quantitative estimate of drug-likeness (QED) is 0.734. The Hall–Kier alpha value is -1.19. The zero-order valence-electron chi connectivity index (χ0n) is 8.91. The molecule has 1 aromatic rings. The lowest BCUT2D eigenvalue weighted by atomic mass is 9.96. The number of aromatic nitrogens is 3. The highest BCUT2D eigenvalue weighted by Crippen LogP contribution is 2.38. The zero-order chi connectivity index (χ0) is 10.3. The van der Waals surface area contributed by atoms with Gasteiger partial charge >= 0.3 is 0 Å². The van der Waals surface area contributed by atoms with Crippen molar-refractivity contribution >= 4 is 5.95 Å².